The molecule has 0 radical (unpaired) electrons. The Bertz CT molecular complexity index is 613. The van der Waals surface area contributed by atoms with Gasteiger partial charge in [-0.05, 0) is 50.7 Å². The fraction of sp³-hybridized carbons (Fsp3) is 0.421. The normalized spacial score (nSPS) is 22.8. The van der Waals surface area contributed by atoms with Crippen LogP contribution in [0.3, 0.4) is 0 Å². The van der Waals surface area contributed by atoms with Crippen molar-refractivity contribution in [2.75, 3.05) is 10.6 Å². The number of aromatic nitrogens is 1. The summed E-state index contributed by atoms with van der Waals surface area (Å²) in [6.07, 6.45) is 13.5. The number of amides is 2. The molecule has 0 saturated carbocycles. The third-order valence-electron chi connectivity index (χ3n) is 4.53. The fourth-order valence-corrected chi connectivity index (χ4v) is 3.09. The molecule has 0 spiro atoms. The molecule has 0 aromatic carbocycles. The van der Waals surface area contributed by atoms with E-state index in [9.17, 15) is 9.59 Å². The Labute approximate surface area is 142 Å². The molecule has 3 rings (SSSR count). The summed E-state index contributed by atoms with van der Waals surface area (Å²) in [6.45, 7) is 0. The number of hydrogen-bond donors (Lipinski definition) is 2. The van der Waals surface area contributed by atoms with Crippen LogP contribution in [-0.2, 0) is 9.59 Å². The van der Waals surface area contributed by atoms with E-state index >= 15 is 0 Å². The molecule has 1 aromatic heterocycles. The first kappa shape index (κ1) is 16.4. The molecule has 126 valence electrons. The van der Waals surface area contributed by atoms with Crippen molar-refractivity contribution in [3.63, 3.8) is 0 Å². The lowest BCUT2D eigenvalue weighted by molar-refractivity contribution is -0.120. The minimum absolute atomic E-state index is 0.00377. The highest BCUT2D eigenvalue weighted by Gasteiger charge is 2.20. The maximum absolute atomic E-state index is 12.3. The summed E-state index contributed by atoms with van der Waals surface area (Å²) in [4.78, 5) is 28.9. The van der Waals surface area contributed by atoms with Crippen molar-refractivity contribution in [1.29, 1.82) is 0 Å². The SMILES string of the molecule is O=C(Nc1cccc(NC(=O)C2CC=CCC2)n1)C1CC=CCC1. The molecule has 2 aliphatic carbocycles. The first-order valence-electron chi connectivity index (χ1n) is 8.61. The molecule has 24 heavy (non-hydrogen) atoms. The van der Waals surface area contributed by atoms with Gasteiger partial charge in [-0.3, -0.25) is 9.59 Å². The summed E-state index contributed by atoms with van der Waals surface area (Å²) in [5, 5.41) is 5.72. The molecule has 2 atom stereocenters. The second-order valence-electron chi connectivity index (χ2n) is 6.35. The van der Waals surface area contributed by atoms with Gasteiger partial charge in [-0.25, -0.2) is 4.98 Å². The van der Waals surface area contributed by atoms with Crippen LogP contribution in [-0.4, -0.2) is 16.8 Å². The standard InChI is InChI=1S/C19H23N3O2/c23-18(14-8-3-1-4-9-14)21-16-12-7-13-17(20-16)22-19(24)15-10-5-2-6-11-15/h1-3,5,7,12-15H,4,6,8-11H2,(H2,20,21,22,23,24). The van der Waals surface area contributed by atoms with Gasteiger partial charge in [-0.2, -0.15) is 0 Å². The molecule has 1 heterocycles. The maximum Gasteiger partial charge on any atom is 0.228 e. The van der Waals surface area contributed by atoms with Crippen LogP contribution in [0.4, 0.5) is 11.6 Å². The van der Waals surface area contributed by atoms with E-state index in [0.29, 0.717) is 11.6 Å². The Balaban J connectivity index is 1.59. The summed E-state index contributed by atoms with van der Waals surface area (Å²) in [5.74, 6) is 0.959. The highest BCUT2D eigenvalue weighted by molar-refractivity contribution is 5.94. The second kappa shape index (κ2) is 7.90. The highest BCUT2D eigenvalue weighted by atomic mass is 16.2. The fourth-order valence-electron chi connectivity index (χ4n) is 3.09. The van der Waals surface area contributed by atoms with Gasteiger partial charge in [0.2, 0.25) is 11.8 Å². The van der Waals surface area contributed by atoms with Crippen LogP contribution in [0, 0.1) is 11.8 Å². The number of nitrogens with one attached hydrogen (secondary N) is 2. The third-order valence-corrected chi connectivity index (χ3v) is 4.53. The van der Waals surface area contributed by atoms with Crippen molar-refractivity contribution >= 4 is 23.5 Å². The van der Waals surface area contributed by atoms with Gasteiger partial charge in [-0.1, -0.05) is 30.4 Å². The van der Waals surface area contributed by atoms with Crippen molar-refractivity contribution in [3.8, 4) is 0 Å². The first-order chi connectivity index (χ1) is 11.7. The first-order valence-corrected chi connectivity index (χ1v) is 8.61. The van der Waals surface area contributed by atoms with Gasteiger partial charge >= 0.3 is 0 Å². The van der Waals surface area contributed by atoms with E-state index in [1.165, 1.54) is 0 Å². The summed E-state index contributed by atoms with van der Waals surface area (Å²) >= 11 is 0. The topological polar surface area (TPSA) is 71.1 Å². The quantitative estimate of drug-likeness (QED) is 0.830. The zero-order valence-electron chi connectivity index (χ0n) is 13.7. The monoisotopic (exact) mass is 325 g/mol. The zero-order chi connectivity index (χ0) is 16.8. The van der Waals surface area contributed by atoms with Gasteiger partial charge in [0.1, 0.15) is 11.6 Å². The molecule has 2 unspecified atom stereocenters. The van der Waals surface area contributed by atoms with Crippen LogP contribution >= 0.6 is 0 Å². The molecular formula is C19H23N3O2. The Morgan fingerprint density at radius 2 is 1.33 bits per heavy atom. The lowest BCUT2D eigenvalue weighted by atomic mass is 9.93. The highest BCUT2D eigenvalue weighted by Crippen LogP contribution is 2.22. The molecule has 2 aliphatic rings. The average Bonchev–Trinajstić information content (AvgIpc) is 2.63. The average molecular weight is 325 g/mol. The molecule has 5 nitrogen and oxygen atoms in total. The number of nitrogens with zero attached hydrogens (tertiary/aromatic N) is 1. The van der Waals surface area contributed by atoms with E-state index in [-0.39, 0.29) is 23.7 Å². The molecule has 2 amide bonds. The van der Waals surface area contributed by atoms with E-state index < -0.39 is 0 Å². The summed E-state index contributed by atoms with van der Waals surface area (Å²) in [6, 6.07) is 5.28. The molecule has 0 saturated heterocycles. The van der Waals surface area contributed by atoms with E-state index in [2.05, 4.69) is 39.9 Å². The van der Waals surface area contributed by atoms with Crippen LogP contribution in [0.1, 0.15) is 38.5 Å². The minimum atomic E-state index is -0.00672. The van der Waals surface area contributed by atoms with Crippen molar-refractivity contribution in [3.05, 3.63) is 42.5 Å². The molecule has 0 aliphatic heterocycles. The van der Waals surface area contributed by atoms with Crippen LogP contribution in [0.25, 0.3) is 0 Å². The number of rotatable bonds is 4. The summed E-state index contributed by atoms with van der Waals surface area (Å²) < 4.78 is 0. The van der Waals surface area contributed by atoms with E-state index in [1.54, 1.807) is 18.2 Å². The number of anilines is 2. The number of pyridine rings is 1. The van der Waals surface area contributed by atoms with Crippen LogP contribution in [0.5, 0.6) is 0 Å². The predicted octanol–water partition coefficient (Wildman–Crippen LogP) is 3.67. The zero-order valence-corrected chi connectivity index (χ0v) is 13.7. The Morgan fingerprint density at radius 1 is 0.833 bits per heavy atom. The van der Waals surface area contributed by atoms with Crippen LogP contribution < -0.4 is 10.6 Å². The van der Waals surface area contributed by atoms with Gasteiger partial charge in [0.05, 0.1) is 0 Å². The van der Waals surface area contributed by atoms with Gasteiger partial charge in [0.25, 0.3) is 0 Å². The largest absolute Gasteiger partial charge is 0.310 e. The number of carbonyl (C=O) groups excluding carboxylic acids is 2. The lowest BCUT2D eigenvalue weighted by Gasteiger charge is -2.18. The van der Waals surface area contributed by atoms with Gasteiger partial charge in [-0.15, -0.1) is 0 Å². The Morgan fingerprint density at radius 3 is 1.75 bits per heavy atom. The van der Waals surface area contributed by atoms with Gasteiger partial charge < -0.3 is 10.6 Å². The van der Waals surface area contributed by atoms with Crippen molar-refractivity contribution in [2.24, 2.45) is 11.8 Å². The van der Waals surface area contributed by atoms with Gasteiger partial charge in [0, 0.05) is 11.8 Å². The molecule has 0 fully saturated rings. The molecule has 1 aromatic rings. The lowest BCUT2D eigenvalue weighted by Crippen LogP contribution is -2.25. The van der Waals surface area contributed by atoms with E-state index in [1.807, 2.05) is 0 Å². The summed E-state index contributed by atoms with van der Waals surface area (Å²) in [7, 11) is 0. The van der Waals surface area contributed by atoms with Crippen LogP contribution in [0.15, 0.2) is 42.5 Å². The number of hydrogen-bond acceptors (Lipinski definition) is 3. The number of allylic oxidation sites excluding steroid dienone is 4. The molecular weight excluding hydrogens is 302 g/mol. The summed E-state index contributed by atoms with van der Waals surface area (Å²) in [5.41, 5.74) is 0. The van der Waals surface area contributed by atoms with Crippen molar-refractivity contribution < 1.29 is 9.59 Å². The molecule has 2 N–H and O–H groups in total. The van der Waals surface area contributed by atoms with Crippen molar-refractivity contribution in [2.45, 2.75) is 38.5 Å². The van der Waals surface area contributed by atoms with E-state index in [4.69, 9.17) is 0 Å². The minimum Gasteiger partial charge on any atom is -0.310 e. The molecule has 0 bridgehead atoms. The third kappa shape index (κ3) is 4.31. The second-order valence-corrected chi connectivity index (χ2v) is 6.35. The smallest absolute Gasteiger partial charge is 0.228 e. The van der Waals surface area contributed by atoms with Gasteiger partial charge in [0.15, 0.2) is 0 Å². The predicted molar refractivity (Wildman–Crippen MR) is 94.5 cm³/mol. The van der Waals surface area contributed by atoms with Crippen LogP contribution in [0.2, 0.25) is 0 Å². The Hall–Kier alpha value is -2.43. The van der Waals surface area contributed by atoms with Crippen molar-refractivity contribution in [1.82, 2.24) is 4.98 Å². The number of carbonyl (C=O) groups is 2. The molecule has 5 heteroatoms. The maximum atomic E-state index is 12.3. The van der Waals surface area contributed by atoms with E-state index in [0.717, 1.165) is 38.5 Å². The Kier molecular flexibility index (Phi) is 5.41.